The molecule has 1 unspecified atom stereocenters. The Morgan fingerprint density at radius 3 is 2.43 bits per heavy atom. The molecule has 0 saturated heterocycles. The van der Waals surface area contributed by atoms with Crippen molar-refractivity contribution in [3.8, 4) is 5.75 Å². The number of rotatable bonds is 5. The van der Waals surface area contributed by atoms with Gasteiger partial charge in [-0.2, -0.15) is 0 Å². The third-order valence-corrected chi connectivity index (χ3v) is 5.18. The summed E-state index contributed by atoms with van der Waals surface area (Å²) < 4.78 is 54.3. The molecule has 1 aliphatic rings. The van der Waals surface area contributed by atoms with E-state index in [-0.39, 0.29) is 24.4 Å². The van der Waals surface area contributed by atoms with Gasteiger partial charge in [-0.3, -0.25) is 4.79 Å². The number of aliphatic hydroxyl groups excluding tert-OH is 1. The van der Waals surface area contributed by atoms with Gasteiger partial charge in [0.1, 0.15) is 11.6 Å². The highest BCUT2D eigenvalue weighted by molar-refractivity contribution is 5.82. The molecule has 5 nitrogen and oxygen atoms in total. The highest BCUT2D eigenvalue weighted by Gasteiger charge is 2.36. The maximum absolute atomic E-state index is 13.4. The van der Waals surface area contributed by atoms with Crippen molar-refractivity contribution in [3.63, 3.8) is 0 Å². The number of carbonyl (C=O) groups is 1. The molecular formula is C21H21F4NO4. The molecule has 0 spiro atoms. The highest BCUT2D eigenvalue weighted by Crippen LogP contribution is 2.37. The normalized spacial score (nSPS) is 22.9. The van der Waals surface area contributed by atoms with Crippen molar-refractivity contribution in [2.24, 2.45) is 0 Å². The van der Waals surface area contributed by atoms with Gasteiger partial charge >= 0.3 is 6.36 Å². The van der Waals surface area contributed by atoms with E-state index in [2.05, 4.69) is 10.1 Å². The summed E-state index contributed by atoms with van der Waals surface area (Å²) in [5.74, 6) is -1.75. The van der Waals surface area contributed by atoms with Crippen LogP contribution in [0.5, 0.6) is 5.75 Å². The second-order valence-electron chi connectivity index (χ2n) is 7.35. The minimum atomic E-state index is -4.88. The van der Waals surface area contributed by atoms with Crippen LogP contribution in [0, 0.1) is 5.82 Å². The van der Waals surface area contributed by atoms with Gasteiger partial charge in [0.15, 0.2) is 6.10 Å². The lowest BCUT2D eigenvalue weighted by molar-refractivity contribution is -0.274. The van der Waals surface area contributed by atoms with Crippen molar-refractivity contribution in [3.05, 3.63) is 65.5 Å². The quantitative estimate of drug-likeness (QED) is 0.636. The first kappa shape index (κ1) is 22.0. The number of nitrogens with one attached hydrogen (secondary N) is 1. The molecule has 0 aliphatic heterocycles. The van der Waals surface area contributed by atoms with E-state index in [1.807, 2.05) is 0 Å². The van der Waals surface area contributed by atoms with Crippen LogP contribution in [0.3, 0.4) is 0 Å². The predicted molar refractivity (Wildman–Crippen MR) is 98.8 cm³/mol. The molecule has 3 rings (SSSR count). The van der Waals surface area contributed by atoms with E-state index in [1.165, 1.54) is 30.3 Å². The summed E-state index contributed by atoms with van der Waals surface area (Å²) in [5, 5.41) is 23.7. The van der Waals surface area contributed by atoms with Crippen LogP contribution >= 0.6 is 0 Å². The van der Waals surface area contributed by atoms with E-state index in [1.54, 1.807) is 6.07 Å². The summed E-state index contributed by atoms with van der Waals surface area (Å²) in [6.45, 7) is 0. The number of halogens is 4. The smallest absolute Gasteiger partial charge is 0.406 e. The van der Waals surface area contributed by atoms with Crippen LogP contribution in [0.25, 0.3) is 0 Å². The molecular weight excluding hydrogens is 406 g/mol. The zero-order valence-corrected chi connectivity index (χ0v) is 15.8. The van der Waals surface area contributed by atoms with Crippen molar-refractivity contribution in [2.75, 3.05) is 0 Å². The molecule has 30 heavy (non-hydrogen) atoms. The fourth-order valence-electron chi connectivity index (χ4n) is 3.62. The van der Waals surface area contributed by atoms with E-state index < -0.39 is 35.5 Å². The van der Waals surface area contributed by atoms with E-state index in [0.29, 0.717) is 18.4 Å². The topological polar surface area (TPSA) is 78.8 Å². The maximum atomic E-state index is 13.4. The minimum absolute atomic E-state index is 0.0404. The molecule has 1 fully saturated rings. The van der Waals surface area contributed by atoms with Crippen molar-refractivity contribution in [1.82, 2.24) is 5.32 Å². The Morgan fingerprint density at radius 2 is 1.80 bits per heavy atom. The fourth-order valence-corrected chi connectivity index (χ4v) is 3.62. The first-order valence-electron chi connectivity index (χ1n) is 9.38. The molecule has 2 aromatic rings. The van der Waals surface area contributed by atoms with Crippen molar-refractivity contribution < 1.29 is 37.3 Å². The van der Waals surface area contributed by atoms with Crippen molar-refractivity contribution >= 4 is 5.91 Å². The molecule has 0 radical (unpaired) electrons. The molecule has 0 heterocycles. The number of carbonyl (C=O) groups excluding carboxylic acids is 1. The number of benzene rings is 2. The predicted octanol–water partition coefficient (Wildman–Crippen LogP) is 3.70. The van der Waals surface area contributed by atoms with Gasteiger partial charge in [-0.25, -0.2) is 4.39 Å². The molecule has 1 saturated carbocycles. The molecule has 162 valence electrons. The Hall–Kier alpha value is -2.65. The Balaban J connectivity index is 1.59. The third-order valence-electron chi connectivity index (χ3n) is 5.18. The maximum Gasteiger partial charge on any atom is 0.573 e. The summed E-state index contributed by atoms with van der Waals surface area (Å²) in [6.07, 6.45) is -5.21. The summed E-state index contributed by atoms with van der Waals surface area (Å²) in [7, 11) is 0. The number of ether oxygens (including phenoxy) is 1. The monoisotopic (exact) mass is 427 g/mol. The van der Waals surface area contributed by atoms with Gasteiger partial charge in [-0.15, -0.1) is 13.2 Å². The lowest BCUT2D eigenvalue weighted by Crippen LogP contribution is -2.43. The van der Waals surface area contributed by atoms with Crippen molar-refractivity contribution in [2.45, 2.75) is 49.8 Å². The SMILES string of the molecule is O=C(NC1CCC(O)(c2cccc(F)c2)CC1)C(O)c1cccc(OC(F)(F)F)c1. The van der Waals surface area contributed by atoms with Gasteiger partial charge in [0.05, 0.1) is 5.60 Å². The molecule has 1 amide bonds. The Morgan fingerprint density at radius 1 is 1.13 bits per heavy atom. The Labute approximate surface area is 170 Å². The van der Waals surface area contributed by atoms with Gasteiger partial charge < -0.3 is 20.3 Å². The molecule has 0 bridgehead atoms. The standard InChI is InChI=1S/C21H21F4NO4/c22-15-5-2-4-14(12-15)20(29)9-7-16(8-10-20)26-19(28)18(27)13-3-1-6-17(11-13)30-21(23,24)25/h1-6,11-12,16,18,27,29H,7-10H2,(H,26,28). The average molecular weight is 427 g/mol. The molecule has 1 aliphatic carbocycles. The van der Waals surface area contributed by atoms with Gasteiger partial charge in [0, 0.05) is 6.04 Å². The zero-order valence-electron chi connectivity index (χ0n) is 15.8. The largest absolute Gasteiger partial charge is 0.573 e. The van der Waals surface area contributed by atoms with Gasteiger partial charge in [-0.1, -0.05) is 24.3 Å². The zero-order chi connectivity index (χ0) is 21.9. The second kappa shape index (κ2) is 8.61. The fraction of sp³-hybridized carbons (Fsp3) is 0.381. The molecule has 3 N–H and O–H groups in total. The van der Waals surface area contributed by atoms with E-state index >= 15 is 0 Å². The van der Waals surface area contributed by atoms with Crippen LogP contribution in [0.15, 0.2) is 48.5 Å². The summed E-state index contributed by atoms with van der Waals surface area (Å²) in [4.78, 5) is 12.3. The first-order valence-corrected chi connectivity index (χ1v) is 9.38. The third kappa shape index (κ3) is 5.48. The number of aliphatic hydroxyl groups is 2. The lowest BCUT2D eigenvalue weighted by atomic mass is 9.77. The first-order chi connectivity index (χ1) is 14.1. The lowest BCUT2D eigenvalue weighted by Gasteiger charge is -2.37. The van der Waals surface area contributed by atoms with Gasteiger partial charge in [0.25, 0.3) is 5.91 Å². The minimum Gasteiger partial charge on any atom is -0.406 e. The van der Waals surface area contributed by atoms with Gasteiger partial charge in [-0.05, 0) is 61.1 Å². The second-order valence-corrected chi connectivity index (χ2v) is 7.35. The van der Waals surface area contributed by atoms with Crippen LogP contribution in [0.1, 0.15) is 42.9 Å². The number of amides is 1. The van der Waals surface area contributed by atoms with Crippen LogP contribution in [-0.4, -0.2) is 28.5 Å². The summed E-state index contributed by atoms with van der Waals surface area (Å²) in [5.41, 5.74) is -0.777. The number of hydrogen-bond acceptors (Lipinski definition) is 4. The molecule has 0 aromatic heterocycles. The molecule has 1 atom stereocenters. The van der Waals surface area contributed by atoms with E-state index in [4.69, 9.17) is 0 Å². The summed E-state index contributed by atoms with van der Waals surface area (Å²) >= 11 is 0. The number of alkyl halides is 3. The van der Waals surface area contributed by atoms with E-state index in [9.17, 15) is 32.6 Å². The Kier molecular flexibility index (Phi) is 6.33. The summed E-state index contributed by atoms with van der Waals surface area (Å²) in [6, 6.07) is 9.95. The molecule has 9 heteroatoms. The van der Waals surface area contributed by atoms with Gasteiger partial charge in [0.2, 0.25) is 0 Å². The van der Waals surface area contributed by atoms with E-state index in [0.717, 1.165) is 12.1 Å². The number of hydrogen-bond donors (Lipinski definition) is 3. The average Bonchev–Trinajstić information content (AvgIpc) is 2.68. The highest BCUT2D eigenvalue weighted by atomic mass is 19.4. The van der Waals surface area contributed by atoms with Crippen LogP contribution in [-0.2, 0) is 10.4 Å². The van der Waals surface area contributed by atoms with Crippen LogP contribution in [0.2, 0.25) is 0 Å². The Bertz CT molecular complexity index is 895. The molecule has 2 aromatic carbocycles. The van der Waals surface area contributed by atoms with Crippen LogP contribution < -0.4 is 10.1 Å². The van der Waals surface area contributed by atoms with Crippen molar-refractivity contribution in [1.29, 1.82) is 0 Å². The van der Waals surface area contributed by atoms with Crippen LogP contribution in [0.4, 0.5) is 17.6 Å².